The molecule has 0 aliphatic heterocycles. The van der Waals surface area contributed by atoms with Gasteiger partial charge in [-0.1, -0.05) is 19.9 Å². The maximum atomic E-state index is 11.7. The Balaban J connectivity index is 2.35. The van der Waals surface area contributed by atoms with Crippen molar-refractivity contribution in [1.82, 2.24) is 0 Å². The monoisotopic (exact) mass is 206 g/mol. The first-order chi connectivity index (χ1) is 6.95. The molecule has 2 rings (SSSR count). The molecule has 2 aliphatic carbocycles. The topological polar surface area (TPSA) is 34.1 Å². The van der Waals surface area contributed by atoms with Gasteiger partial charge in [-0.2, -0.15) is 0 Å². The Labute approximate surface area is 90.7 Å². The molecule has 3 atom stereocenters. The molecule has 2 aliphatic rings. The number of ketones is 2. The molecule has 0 spiro atoms. The van der Waals surface area contributed by atoms with E-state index in [1.165, 1.54) is 0 Å². The predicted octanol–water partition coefficient (Wildman–Crippen LogP) is 2.53. The molecule has 0 saturated heterocycles. The molecule has 82 valence electrons. The lowest BCUT2D eigenvalue weighted by Crippen LogP contribution is -2.38. The van der Waals surface area contributed by atoms with Crippen LogP contribution in [0.15, 0.2) is 11.6 Å². The van der Waals surface area contributed by atoms with Crippen molar-refractivity contribution in [2.75, 3.05) is 0 Å². The largest absolute Gasteiger partial charge is 0.299 e. The average molecular weight is 206 g/mol. The fourth-order valence-corrected chi connectivity index (χ4v) is 3.05. The van der Waals surface area contributed by atoms with Crippen molar-refractivity contribution in [1.29, 1.82) is 0 Å². The molecule has 0 aromatic heterocycles. The summed E-state index contributed by atoms with van der Waals surface area (Å²) in [6.45, 7) is 5.77. The molecule has 0 N–H and O–H groups in total. The zero-order chi connectivity index (χ0) is 11.2. The third-order valence-corrected chi connectivity index (χ3v) is 4.44. The fraction of sp³-hybridized carbons (Fsp3) is 0.692. The molecular formula is C13H18O2. The third-order valence-electron chi connectivity index (χ3n) is 4.44. The summed E-state index contributed by atoms with van der Waals surface area (Å²) < 4.78 is 0. The Morgan fingerprint density at radius 1 is 1.53 bits per heavy atom. The molecule has 2 heteroatoms. The first-order valence-corrected chi connectivity index (χ1v) is 5.70. The minimum absolute atomic E-state index is 0.0592. The van der Waals surface area contributed by atoms with Gasteiger partial charge in [0.05, 0.1) is 0 Å². The van der Waals surface area contributed by atoms with Gasteiger partial charge >= 0.3 is 0 Å². The Hall–Kier alpha value is -0.920. The summed E-state index contributed by atoms with van der Waals surface area (Å²) in [4.78, 5) is 23.1. The van der Waals surface area contributed by atoms with Crippen LogP contribution in [0.4, 0.5) is 0 Å². The highest BCUT2D eigenvalue weighted by molar-refractivity contribution is 5.94. The van der Waals surface area contributed by atoms with Crippen molar-refractivity contribution in [3.05, 3.63) is 11.6 Å². The van der Waals surface area contributed by atoms with Crippen LogP contribution in [-0.2, 0) is 9.59 Å². The maximum Gasteiger partial charge on any atom is 0.155 e. The number of fused-ring (bicyclic) bond motifs is 1. The number of hydrogen-bond acceptors (Lipinski definition) is 2. The van der Waals surface area contributed by atoms with Gasteiger partial charge in [0.15, 0.2) is 5.78 Å². The number of carbonyl (C=O) groups is 2. The van der Waals surface area contributed by atoms with Gasteiger partial charge in [-0.15, -0.1) is 0 Å². The van der Waals surface area contributed by atoms with E-state index in [0.717, 1.165) is 18.4 Å². The van der Waals surface area contributed by atoms with Crippen molar-refractivity contribution >= 4 is 11.6 Å². The molecular weight excluding hydrogens is 188 g/mol. The summed E-state index contributed by atoms with van der Waals surface area (Å²) in [5.74, 6) is 1.11. The summed E-state index contributed by atoms with van der Waals surface area (Å²) in [6.07, 6.45) is 4.60. The van der Waals surface area contributed by atoms with Crippen LogP contribution in [-0.4, -0.2) is 11.6 Å². The van der Waals surface area contributed by atoms with Crippen LogP contribution >= 0.6 is 0 Å². The van der Waals surface area contributed by atoms with Gasteiger partial charge in [-0.05, 0) is 36.7 Å². The molecule has 1 saturated carbocycles. The number of rotatable bonds is 1. The number of Topliss-reactive ketones (excluding diaryl/α,β-unsaturated/α-hetero) is 2. The first-order valence-electron chi connectivity index (χ1n) is 5.70. The van der Waals surface area contributed by atoms with Gasteiger partial charge in [0.2, 0.25) is 0 Å². The Morgan fingerprint density at radius 3 is 2.80 bits per heavy atom. The highest BCUT2D eigenvalue weighted by atomic mass is 16.1. The SMILES string of the molecule is CC(=O)C1=C[C@@]2(C)[C@H](CCC(=O)[C@H]2C)C1. The van der Waals surface area contributed by atoms with E-state index in [9.17, 15) is 9.59 Å². The highest BCUT2D eigenvalue weighted by Gasteiger charge is 2.48. The van der Waals surface area contributed by atoms with E-state index in [-0.39, 0.29) is 17.1 Å². The van der Waals surface area contributed by atoms with Gasteiger partial charge in [0.1, 0.15) is 5.78 Å². The smallest absolute Gasteiger partial charge is 0.155 e. The number of allylic oxidation sites excluding steroid dienone is 2. The second kappa shape index (κ2) is 3.29. The van der Waals surface area contributed by atoms with E-state index in [1.807, 2.05) is 6.92 Å². The van der Waals surface area contributed by atoms with Crippen LogP contribution in [0.25, 0.3) is 0 Å². The van der Waals surface area contributed by atoms with Gasteiger partial charge in [0, 0.05) is 12.3 Å². The zero-order valence-electron chi connectivity index (χ0n) is 9.67. The fourth-order valence-electron chi connectivity index (χ4n) is 3.05. The van der Waals surface area contributed by atoms with E-state index in [0.29, 0.717) is 18.1 Å². The van der Waals surface area contributed by atoms with Crippen LogP contribution < -0.4 is 0 Å². The molecule has 0 aromatic carbocycles. The van der Waals surface area contributed by atoms with Gasteiger partial charge in [0.25, 0.3) is 0 Å². The van der Waals surface area contributed by atoms with Crippen LogP contribution in [0, 0.1) is 17.3 Å². The Kier molecular flexibility index (Phi) is 2.32. The second-order valence-electron chi connectivity index (χ2n) is 5.22. The molecule has 0 heterocycles. The van der Waals surface area contributed by atoms with Crippen LogP contribution in [0.2, 0.25) is 0 Å². The van der Waals surface area contributed by atoms with Crippen molar-refractivity contribution in [2.45, 2.75) is 40.0 Å². The minimum atomic E-state index is -0.0592. The Morgan fingerprint density at radius 2 is 2.20 bits per heavy atom. The van der Waals surface area contributed by atoms with Crippen molar-refractivity contribution in [2.24, 2.45) is 17.3 Å². The molecule has 15 heavy (non-hydrogen) atoms. The second-order valence-corrected chi connectivity index (χ2v) is 5.22. The molecule has 0 amide bonds. The first kappa shape index (κ1) is 10.6. The van der Waals surface area contributed by atoms with Gasteiger partial charge < -0.3 is 0 Å². The quantitative estimate of drug-likeness (QED) is 0.660. The summed E-state index contributed by atoms with van der Waals surface area (Å²) >= 11 is 0. The highest BCUT2D eigenvalue weighted by Crippen LogP contribution is 2.52. The molecule has 1 fully saturated rings. The maximum absolute atomic E-state index is 11.7. The van der Waals surface area contributed by atoms with E-state index in [2.05, 4.69) is 13.0 Å². The molecule has 0 unspecified atom stereocenters. The van der Waals surface area contributed by atoms with Crippen LogP contribution in [0.3, 0.4) is 0 Å². The normalized spacial score (nSPS) is 39.9. The van der Waals surface area contributed by atoms with E-state index in [4.69, 9.17) is 0 Å². The lowest BCUT2D eigenvalue weighted by Gasteiger charge is -2.40. The predicted molar refractivity (Wildman–Crippen MR) is 58.4 cm³/mol. The minimum Gasteiger partial charge on any atom is -0.299 e. The van der Waals surface area contributed by atoms with Crippen molar-refractivity contribution < 1.29 is 9.59 Å². The molecule has 0 bridgehead atoms. The third kappa shape index (κ3) is 1.47. The van der Waals surface area contributed by atoms with Gasteiger partial charge in [-0.3, -0.25) is 9.59 Å². The van der Waals surface area contributed by atoms with Crippen LogP contribution in [0.1, 0.15) is 40.0 Å². The van der Waals surface area contributed by atoms with E-state index in [1.54, 1.807) is 6.92 Å². The summed E-state index contributed by atoms with van der Waals surface area (Å²) in [5, 5.41) is 0. The summed E-state index contributed by atoms with van der Waals surface area (Å²) in [5.41, 5.74) is 0.875. The molecule has 0 radical (unpaired) electrons. The standard InChI is InChI=1S/C13H18O2/c1-8-12(15)5-4-11-6-10(9(2)14)7-13(8,11)3/h7-8,11H,4-6H2,1-3H3/t8-,11-,13-/m1/s1. The lowest BCUT2D eigenvalue weighted by atomic mass is 9.63. The van der Waals surface area contributed by atoms with Crippen LogP contribution in [0.5, 0.6) is 0 Å². The summed E-state index contributed by atoms with van der Waals surface area (Å²) in [7, 11) is 0. The Bertz CT molecular complexity index is 354. The van der Waals surface area contributed by atoms with E-state index < -0.39 is 0 Å². The zero-order valence-corrected chi connectivity index (χ0v) is 9.67. The lowest BCUT2D eigenvalue weighted by molar-refractivity contribution is -0.129. The number of hydrogen-bond donors (Lipinski definition) is 0. The molecule has 2 nitrogen and oxygen atoms in total. The number of carbonyl (C=O) groups excluding carboxylic acids is 2. The molecule has 0 aromatic rings. The van der Waals surface area contributed by atoms with Crippen molar-refractivity contribution in [3.63, 3.8) is 0 Å². The van der Waals surface area contributed by atoms with Gasteiger partial charge in [-0.25, -0.2) is 0 Å². The van der Waals surface area contributed by atoms with E-state index >= 15 is 0 Å². The average Bonchev–Trinajstić information content (AvgIpc) is 2.52. The summed E-state index contributed by atoms with van der Waals surface area (Å²) in [6, 6.07) is 0. The van der Waals surface area contributed by atoms with Crippen molar-refractivity contribution in [3.8, 4) is 0 Å².